The first-order chi connectivity index (χ1) is 10.4. The Morgan fingerprint density at radius 1 is 1.05 bits per heavy atom. The summed E-state index contributed by atoms with van der Waals surface area (Å²) in [6.45, 7) is 0. The lowest BCUT2D eigenvalue weighted by atomic mass is 10.3. The van der Waals surface area contributed by atoms with Crippen LogP contribution in [0.3, 0.4) is 0 Å². The van der Waals surface area contributed by atoms with Gasteiger partial charge in [0.1, 0.15) is 5.75 Å². The maximum atomic E-state index is 12.0. The zero-order valence-corrected chi connectivity index (χ0v) is 12.1. The fourth-order valence-corrected chi connectivity index (χ4v) is 2.32. The number of halogens is 3. The topological polar surface area (TPSA) is 38.3 Å². The molecule has 1 amide bonds. The summed E-state index contributed by atoms with van der Waals surface area (Å²) in [5.74, 6) is -0.354. The van der Waals surface area contributed by atoms with Crippen LogP contribution >= 0.6 is 11.8 Å². The van der Waals surface area contributed by atoms with Crippen LogP contribution in [0, 0.1) is 0 Å². The molecule has 1 N–H and O–H groups in total. The third kappa shape index (κ3) is 5.69. The van der Waals surface area contributed by atoms with E-state index in [1.54, 1.807) is 0 Å². The second-order valence-corrected chi connectivity index (χ2v) is 5.27. The van der Waals surface area contributed by atoms with Crippen LogP contribution in [0.5, 0.6) is 5.75 Å². The van der Waals surface area contributed by atoms with Crippen LogP contribution in [0.2, 0.25) is 0 Å². The Morgan fingerprint density at radius 3 is 2.27 bits per heavy atom. The van der Waals surface area contributed by atoms with E-state index < -0.39 is 6.36 Å². The van der Waals surface area contributed by atoms with Crippen molar-refractivity contribution in [3.05, 3.63) is 54.6 Å². The van der Waals surface area contributed by atoms with Crippen LogP contribution in [0.1, 0.15) is 0 Å². The minimum atomic E-state index is -4.73. The summed E-state index contributed by atoms with van der Waals surface area (Å²) in [6.07, 6.45) is -4.73. The first-order valence-electron chi connectivity index (χ1n) is 6.26. The molecule has 2 aromatic carbocycles. The van der Waals surface area contributed by atoms with E-state index in [-0.39, 0.29) is 17.4 Å². The van der Waals surface area contributed by atoms with E-state index in [4.69, 9.17) is 0 Å². The third-order valence-corrected chi connectivity index (χ3v) is 3.50. The van der Waals surface area contributed by atoms with Crippen molar-refractivity contribution in [2.75, 3.05) is 11.1 Å². The van der Waals surface area contributed by atoms with Gasteiger partial charge in [0.05, 0.1) is 5.75 Å². The van der Waals surface area contributed by atoms with Crippen LogP contribution in [0.4, 0.5) is 18.9 Å². The minimum Gasteiger partial charge on any atom is -0.406 e. The highest BCUT2D eigenvalue weighted by molar-refractivity contribution is 8.00. The van der Waals surface area contributed by atoms with Crippen LogP contribution in [-0.4, -0.2) is 18.0 Å². The van der Waals surface area contributed by atoms with Crippen molar-refractivity contribution in [2.45, 2.75) is 11.3 Å². The second kappa shape index (κ2) is 7.22. The molecule has 0 aromatic heterocycles. The van der Waals surface area contributed by atoms with E-state index in [1.807, 2.05) is 30.3 Å². The molecular formula is C15H12F3NO2S. The molecule has 0 aliphatic heterocycles. The maximum Gasteiger partial charge on any atom is 0.573 e. The lowest BCUT2D eigenvalue weighted by Gasteiger charge is -2.10. The average molecular weight is 327 g/mol. The summed E-state index contributed by atoms with van der Waals surface area (Å²) >= 11 is 1.37. The smallest absolute Gasteiger partial charge is 0.406 e. The normalized spacial score (nSPS) is 11.0. The first-order valence-corrected chi connectivity index (χ1v) is 7.24. The molecule has 0 atom stereocenters. The Hall–Kier alpha value is -2.15. The van der Waals surface area contributed by atoms with Crippen LogP contribution in [0.25, 0.3) is 0 Å². The monoisotopic (exact) mass is 327 g/mol. The summed E-state index contributed by atoms with van der Waals surface area (Å²) < 4.78 is 39.8. The van der Waals surface area contributed by atoms with Crippen molar-refractivity contribution >= 4 is 23.4 Å². The zero-order valence-electron chi connectivity index (χ0n) is 11.3. The molecular weight excluding hydrogens is 315 g/mol. The summed E-state index contributed by atoms with van der Waals surface area (Å²) in [5, 5.41) is 2.61. The van der Waals surface area contributed by atoms with Gasteiger partial charge in [0.15, 0.2) is 0 Å². The van der Waals surface area contributed by atoms with Gasteiger partial charge in [0.2, 0.25) is 5.91 Å². The van der Waals surface area contributed by atoms with E-state index in [0.29, 0.717) is 5.69 Å². The molecule has 0 aliphatic carbocycles. The van der Waals surface area contributed by atoms with Gasteiger partial charge in [-0.1, -0.05) is 18.2 Å². The Morgan fingerprint density at radius 2 is 1.68 bits per heavy atom. The van der Waals surface area contributed by atoms with Gasteiger partial charge in [0.25, 0.3) is 0 Å². The van der Waals surface area contributed by atoms with E-state index >= 15 is 0 Å². The molecule has 7 heteroatoms. The molecule has 3 nitrogen and oxygen atoms in total. The molecule has 0 heterocycles. The Balaban J connectivity index is 1.84. The molecule has 2 rings (SSSR count). The van der Waals surface area contributed by atoms with Crippen molar-refractivity contribution in [3.63, 3.8) is 0 Å². The molecule has 0 radical (unpaired) electrons. The first kappa shape index (κ1) is 16.2. The van der Waals surface area contributed by atoms with Crippen molar-refractivity contribution in [1.82, 2.24) is 0 Å². The lowest BCUT2D eigenvalue weighted by molar-refractivity contribution is -0.274. The molecule has 0 aliphatic rings. The van der Waals surface area contributed by atoms with Gasteiger partial charge in [-0.25, -0.2) is 0 Å². The van der Waals surface area contributed by atoms with Gasteiger partial charge in [-0.15, -0.1) is 24.9 Å². The molecule has 2 aromatic rings. The predicted molar refractivity (Wildman–Crippen MR) is 78.9 cm³/mol. The van der Waals surface area contributed by atoms with Gasteiger partial charge in [-0.2, -0.15) is 0 Å². The van der Waals surface area contributed by atoms with Crippen LogP contribution in [-0.2, 0) is 4.79 Å². The second-order valence-electron chi connectivity index (χ2n) is 4.22. The summed E-state index contributed by atoms with van der Waals surface area (Å²) in [4.78, 5) is 12.7. The van der Waals surface area contributed by atoms with E-state index in [1.165, 1.54) is 23.9 Å². The summed E-state index contributed by atoms with van der Waals surface area (Å²) in [6, 6.07) is 14.4. The molecule has 0 unspecified atom stereocenters. The van der Waals surface area contributed by atoms with E-state index in [0.717, 1.165) is 17.0 Å². The summed E-state index contributed by atoms with van der Waals surface area (Å²) in [7, 11) is 0. The SMILES string of the molecule is O=C(CSc1ccccc1)Nc1ccc(OC(F)(F)F)cc1. The fourth-order valence-electron chi connectivity index (χ4n) is 1.60. The lowest BCUT2D eigenvalue weighted by Crippen LogP contribution is -2.17. The Kier molecular flexibility index (Phi) is 5.32. The number of hydrogen-bond donors (Lipinski definition) is 1. The van der Waals surface area contributed by atoms with Gasteiger partial charge in [0, 0.05) is 10.6 Å². The number of hydrogen-bond acceptors (Lipinski definition) is 3. The number of amides is 1. The summed E-state index contributed by atoms with van der Waals surface area (Å²) in [5.41, 5.74) is 0.410. The van der Waals surface area contributed by atoms with E-state index in [9.17, 15) is 18.0 Å². The number of alkyl halides is 3. The minimum absolute atomic E-state index is 0.213. The molecule has 22 heavy (non-hydrogen) atoms. The fraction of sp³-hybridized carbons (Fsp3) is 0.133. The number of carbonyl (C=O) groups excluding carboxylic acids is 1. The van der Waals surface area contributed by atoms with Gasteiger partial charge in [-0.3, -0.25) is 4.79 Å². The van der Waals surface area contributed by atoms with Crippen molar-refractivity contribution in [3.8, 4) is 5.75 Å². The van der Waals surface area contributed by atoms with Gasteiger partial charge >= 0.3 is 6.36 Å². The van der Waals surface area contributed by atoms with Crippen LogP contribution in [0.15, 0.2) is 59.5 Å². The quantitative estimate of drug-likeness (QED) is 0.831. The predicted octanol–water partition coefficient (Wildman–Crippen LogP) is 4.32. The number of nitrogens with one attached hydrogen (secondary N) is 1. The molecule has 116 valence electrons. The van der Waals surface area contributed by atoms with Gasteiger partial charge < -0.3 is 10.1 Å². The molecule has 0 saturated heterocycles. The van der Waals surface area contributed by atoms with Crippen molar-refractivity contribution in [2.24, 2.45) is 0 Å². The average Bonchev–Trinajstić information content (AvgIpc) is 2.47. The van der Waals surface area contributed by atoms with Crippen molar-refractivity contribution < 1.29 is 22.7 Å². The highest BCUT2D eigenvalue weighted by Crippen LogP contribution is 2.24. The Labute approximate surface area is 129 Å². The standard InChI is InChI=1S/C15H12F3NO2S/c16-15(17,18)21-12-8-6-11(7-9-12)19-14(20)10-22-13-4-2-1-3-5-13/h1-9H,10H2,(H,19,20). The zero-order chi connectivity index (χ0) is 16.0. The molecule has 0 bridgehead atoms. The third-order valence-electron chi connectivity index (χ3n) is 2.48. The molecule has 0 spiro atoms. The van der Waals surface area contributed by atoms with Crippen molar-refractivity contribution in [1.29, 1.82) is 0 Å². The number of anilines is 1. The number of thioether (sulfide) groups is 1. The van der Waals surface area contributed by atoms with Crippen LogP contribution < -0.4 is 10.1 Å². The van der Waals surface area contributed by atoms with E-state index in [2.05, 4.69) is 10.1 Å². The van der Waals surface area contributed by atoms with Gasteiger partial charge in [-0.05, 0) is 36.4 Å². The number of benzene rings is 2. The molecule has 0 saturated carbocycles. The number of rotatable bonds is 5. The number of ether oxygens (including phenoxy) is 1. The Bertz CT molecular complexity index is 615. The number of carbonyl (C=O) groups is 1. The maximum absolute atomic E-state index is 12.0. The highest BCUT2D eigenvalue weighted by atomic mass is 32.2. The highest BCUT2D eigenvalue weighted by Gasteiger charge is 2.30. The molecule has 0 fully saturated rings. The largest absolute Gasteiger partial charge is 0.573 e.